The van der Waals surface area contributed by atoms with Gasteiger partial charge in [-0.05, 0) is 24.5 Å². The van der Waals surface area contributed by atoms with Crippen LogP contribution in [0.1, 0.15) is 51.0 Å². The number of hydrogen-bond donors (Lipinski definition) is 0. The van der Waals surface area contributed by atoms with Gasteiger partial charge in [0.15, 0.2) is 0 Å². The summed E-state index contributed by atoms with van der Waals surface area (Å²) < 4.78 is 32.7. The van der Waals surface area contributed by atoms with Crippen molar-refractivity contribution >= 4 is 0 Å². The number of hydrogen-bond acceptors (Lipinski definition) is 1. The predicted octanol–water partition coefficient (Wildman–Crippen LogP) is 5.19. The van der Waals surface area contributed by atoms with Crippen molar-refractivity contribution in [2.24, 2.45) is 5.92 Å². The Labute approximate surface area is 114 Å². The molecule has 0 amide bonds. The van der Waals surface area contributed by atoms with E-state index in [1.165, 1.54) is 12.8 Å². The van der Waals surface area contributed by atoms with E-state index in [1.807, 2.05) is 12.1 Å². The van der Waals surface area contributed by atoms with Crippen molar-refractivity contribution in [3.63, 3.8) is 0 Å². The summed E-state index contributed by atoms with van der Waals surface area (Å²) in [5.41, 5.74) is 0.909. The van der Waals surface area contributed by atoms with E-state index in [0.717, 1.165) is 24.8 Å². The number of halogens is 2. The molecule has 0 saturated heterocycles. The number of fused-ring (bicyclic) bond motifs is 1. The first-order valence-electron chi connectivity index (χ1n) is 7.28. The second kappa shape index (κ2) is 6.36. The first kappa shape index (κ1) is 14.3. The molecule has 1 aromatic rings. The zero-order valence-electron chi connectivity index (χ0n) is 11.5. The predicted molar refractivity (Wildman–Crippen MR) is 72.6 cm³/mol. The van der Waals surface area contributed by atoms with E-state index in [2.05, 4.69) is 6.92 Å². The van der Waals surface area contributed by atoms with Crippen molar-refractivity contribution in [3.8, 4) is 5.75 Å². The lowest BCUT2D eigenvalue weighted by molar-refractivity contribution is -0.225. The van der Waals surface area contributed by atoms with Crippen LogP contribution in [0, 0.1) is 5.92 Å². The number of para-hydroxylation sites is 1. The first-order chi connectivity index (χ1) is 9.13. The monoisotopic (exact) mass is 268 g/mol. The molecule has 0 aromatic heterocycles. The minimum atomic E-state index is -3.01. The summed E-state index contributed by atoms with van der Waals surface area (Å²) in [4.78, 5) is 0. The molecule has 1 atom stereocenters. The van der Waals surface area contributed by atoms with Crippen LogP contribution in [-0.2, 0) is 6.42 Å². The lowest BCUT2D eigenvalue weighted by Crippen LogP contribution is -2.39. The zero-order chi connectivity index (χ0) is 13.7. The van der Waals surface area contributed by atoms with Gasteiger partial charge in [-0.1, -0.05) is 57.2 Å². The van der Waals surface area contributed by atoms with Crippen molar-refractivity contribution in [2.45, 2.75) is 58.0 Å². The van der Waals surface area contributed by atoms with Crippen LogP contribution in [0.15, 0.2) is 24.3 Å². The average molecular weight is 268 g/mol. The SMILES string of the molecule is CCCCCCCC1Cc2ccccc2OC1(F)F. The number of unbranched alkanes of at least 4 members (excludes halogenated alkanes) is 4. The Bertz CT molecular complexity index is 403. The fraction of sp³-hybridized carbons (Fsp3) is 0.625. The summed E-state index contributed by atoms with van der Waals surface area (Å²) in [6.45, 7) is 2.15. The Morgan fingerprint density at radius 1 is 1.16 bits per heavy atom. The Morgan fingerprint density at radius 3 is 2.68 bits per heavy atom. The van der Waals surface area contributed by atoms with E-state index in [4.69, 9.17) is 4.74 Å². The van der Waals surface area contributed by atoms with Crippen LogP contribution in [0.2, 0.25) is 0 Å². The molecule has 3 heteroatoms. The highest BCUT2D eigenvalue weighted by atomic mass is 19.3. The van der Waals surface area contributed by atoms with Gasteiger partial charge in [-0.25, -0.2) is 0 Å². The van der Waals surface area contributed by atoms with Crippen molar-refractivity contribution in [3.05, 3.63) is 29.8 Å². The van der Waals surface area contributed by atoms with Crippen LogP contribution in [0.5, 0.6) is 5.75 Å². The molecule has 0 radical (unpaired) electrons. The van der Waals surface area contributed by atoms with E-state index in [1.54, 1.807) is 12.1 Å². The van der Waals surface area contributed by atoms with Crippen LogP contribution >= 0.6 is 0 Å². The van der Waals surface area contributed by atoms with Crippen LogP contribution in [0.4, 0.5) is 8.78 Å². The van der Waals surface area contributed by atoms with E-state index in [-0.39, 0.29) is 0 Å². The van der Waals surface area contributed by atoms with Gasteiger partial charge in [0, 0.05) is 0 Å². The minimum Gasteiger partial charge on any atom is -0.432 e. The van der Waals surface area contributed by atoms with Crippen molar-refractivity contribution in [2.75, 3.05) is 0 Å². The lowest BCUT2D eigenvalue weighted by atomic mass is 9.90. The molecule has 106 valence electrons. The van der Waals surface area contributed by atoms with Gasteiger partial charge in [0.25, 0.3) is 0 Å². The van der Waals surface area contributed by atoms with Crippen LogP contribution < -0.4 is 4.74 Å². The van der Waals surface area contributed by atoms with Gasteiger partial charge in [0.1, 0.15) is 5.75 Å². The fourth-order valence-electron chi connectivity index (χ4n) is 2.65. The van der Waals surface area contributed by atoms with Gasteiger partial charge in [-0.3, -0.25) is 0 Å². The fourth-order valence-corrected chi connectivity index (χ4v) is 2.65. The second-order valence-corrected chi connectivity index (χ2v) is 5.38. The van der Waals surface area contributed by atoms with Gasteiger partial charge in [-0.2, -0.15) is 8.78 Å². The van der Waals surface area contributed by atoms with E-state index >= 15 is 0 Å². The van der Waals surface area contributed by atoms with Gasteiger partial charge in [0.05, 0.1) is 5.92 Å². The Hall–Kier alpha value is -1.12. The smallest absolute Gasteiger partial charge is 0.401 e. The average Bonchev–Trinajstić information content (AvgIpc) is 2.38. The largest absolute Gasteiger partial charge is 0.432 e. The third-order valence-corrected chi connectivity index (χ3v) is 3.82. The van der Waals surface area contributed by atoms with Crippen LogP contribution in [0.25, 0.3) is 0 Å². The summed E-state index contributed by atoms with van der Waals surface area (Å²) in [7, 11) is 0. The molecule has 0 spiro atoms. The molecule has 0 N–H and O–H groups in total. The first-order valence-corrected chi connectivity index (χ1v) is 7.28. The summed E-state index contributed by atoms with van der Waals surface area (Å²) in [6.07, 6.45) is 3.39. The van der Waals surface area contributed by atoms with E-state index in [9.17, 15) is 8.78 Å². The van der Waals surface area contributed by atoms with Crippen LogP contribution in [0.3, 0.4) is 0 Å². The summed E-state index contributed by atoms with van der Waals surface area (Å²) >= 11 is 0. The van der Waals surface area contributed by atoms with E-state index in [0.29, 0.717) is 18.6 Å². The molecule has 1 unspecified atom stereocenters. The molecule has 0 aliphatic carbocycles. The van der Waals surface area contributed by atoms with Gasteiger partial charge < -0.3 is 4.74 Å². The molecular weight excluding hydrogens is 246 g/mol. The third-order valence-electron chi connectivity index (χ3n) is 3.82. The topological polar surface area (TPSA) is 9.23 Å². The molecule has 0 fully saturated rings. The zero-order valence-corrected chi connectivity index (χ0v) is 11.5. The highest BCUT2D eigenvalue weighted by Crippen LogP contribution is 2.41. The second-order valence-electron chi connectivity index (χ2n) is 5.38. The number of ether oxygens (including phenoxy) is 1. The van der Waals surface area contributed by atoms with E-state index < -0.39 is 12.0 Å². The van der Waals surface area contributed by atoms with Crippen LogP contribution in [-0.4, -0.2) is 6.11 Å². The van der Waals surface area contributed by atoms with Crippen molar-refractivity contribution in [1.29, 1.82) is 0 Å². The third kappa shape index (κ3) is 3.68. The summed E-state index contributed by atoms with van der Waals surface area (Å²) in [6, 6.07) is 7.12. The molecule has 1 heterocycles. The molecular formula is C16H22F2O. The lowest BCUT2D eigenvalue weighted by Gasteiger charge is -2.32. The quantitative estimate of drug-likeness (QED) is 0.645. The Kier molecular flexibility index (Phi) is 4.78. The molecule has 1 aliphatic rings. The number of alkyl halides is 2. The standard InChI is InChI=1S/C16H22F2O/c1-2-3-4-5-6-10-14-12-13-9-7-8-11-15(13)19-16(14,17)18/h7-9,11,14H,2-6,10,12H2,1H3. The number of benzene rings is 1. The van der Waals surface area contributed by atoms with Gasteiger partial charge >= 0.3 is 6.11 Å². The maximum atomic E-state index is 13.9. The highest BCUT2D eigenvalue weighted by molar-refractivity contribution is 5.35. The minimum absolute atomic E-state index is 0.342. The molecule has 1 aliphatic heterocycles. The van der Waals surface area contributed by atoms with Gasteiger partial charge in [-0.15, -0.1) is 0 Å². The highest BCUT2D eigenvalue weighted by Gasteiger charge is 2.45. The Morgan fingerprint density at radius 2 is 1.89 bits per heavy atom. The summed E-state index contributed by atoms with van der Waals surface area (Å²) in [5.74, 6) is -0.334. The molecule has 0 bridgehead atoms. The maximum absolute atomic E-state index is 13.9. The molecule has 19 heavy (non-hydrogen) atoms. The molecule has 2 rings (SSSR count). The molecule has 1 aromatic carbocycles. The summed E-state index contributed by atoms with van der Waals surface area (Å²) in [5, 5.41) is 0. The van der Waals surface area contributed by atoms with Crippen molar-refractivity contribution in [1.82, 2.24) is 0 Å². The normalized spacial score (nSPS) is 20.7. The molecule has 1 nitrogen and oxygen atoms in total. The molecule has 0 saturated carbocycles. The Balaban J connectivity index is 1.90. The van der Waals surface area contributed by atoms with Gasteiger partial charge in [0.2, 0.25) is 0 Å². The van der Waals surface area contributed by atoms with Crippen molar-refractivity contribution < 1.29 is 13.5 Å². The maximum Gasteiger partial charge on any atom is 0.401 e. The number of rotatable bonds is 6.